The van der Waals surface area contributed by atoms with E-state index in [9.17, 15) is 13.2 Å². The summed E-state index contributed by atoms with van der Waals surface area (Å²) in [5, 5.41) is 0. The second-order valence-corrected chi connectivity index (χ2v) is 15.5. The molecule has 0 spiro atoms. The van der Waals surface area contributed by atoms with E-state index in [1.165, 1.54) is 74.9 Å². The van der Waals surface area contributed by atoms with Crippen molar-refractivity contribution in [1.82, 2.24) is 0 Å². The Bertz CT molecular complexity index is 2150. The Kier molecular flexibility index (Phi) is 11.1. The van der Waals surface area contributed by atoms with Crippen molar-refractivity contribution in [3.8, 4) is 0 Å². The predicted octanol–water partition coefficient (Wildman–Crippen LogP) is 10.1. The number of benzene rings is 5. The van der Waals surface area contributed by atoms with Crippen LogP contribution < -0.4 is 0 Å². The number of hydrogen-bond acceptors (Lipinski definition) is 3. The van der Waals surface area contributed by atoms with Gasteiger partial charge in [0.05, 0.1) is 4.90 Å². The largest absolute Gasteiger partial charge is 0.362 e. The quantitative estimate of drug-likeness (QED) is 0.101. The van der Waals surface area contributed by atoms with Crippen LogP contribution >= 0.6 is 0 Å². The van der Waals surface area contributed by atoms with Gasteiger partial charge in [-0.2, -0.15) is 4.79 Å². The minimum absolute atomic E-state index is 0. The summed E-state index contributed by atoms with van der Waals surface area (Å²) in [4.78, 5) is 14.7. The molecule has 0 unspecified atom stereocenters. The van der Waals surface area contributed by atoms with Crippen LogP contribution in [0.3, 0.4) is 0 Å². The van der Waals surface area contributed by atoms with E-state index in [0.29, 0.717) is 5.56 Å². The average Bonchev–Trinajstić information content (AvgIpc) is 3.09. The molecule has 258 valence electrons. The molecule has 5 aromatic rings. The number of fused-ring (bicyclic) bond motifs is 1. The van der Waals surface area contributed by atoms with Crippen molar-refractivity contribution >= 4 is 27.4 Å². The SMILES string of the molecule is C.CS(=O)(=O)c1cccc2c1C=CC(=[N+]=[N-])C2=O.Cc1ccc(C(C)(C)c2ccc(C(C)(c3ccc(C)cc3)c3ccc(C)cc3)cc2)cc1.[HH]. The van der Waals surface area contributed by atoms with Crippen LogP contribution in [0.5, 0.6) is 0 Å². The number of aryl methyl sites for hydroxylation is 3. The Balaban J connectivity index is 0.000000314. The van der Waals surface area contributed by atoms with Gasteiger partial charge in [-0.25, -0.2) is 8.42 Å². The van der Waals surface area contributed by atoms with Crippen LogP contribution in [0.1, 0.15) is 90.1 Å². The summed E-state index contributed by atoms with van der Waals surface area (Å²) in [5.74, 6) is -0.490. The molecular formula is C44H48N2O3S. The summed E-state index contributed by atoms with van der Waals surface area (Å²) in [6, 6.07) is 40.6. The minimum atomic E-state index is -3.40. The molecule has 0 fully saturated rings. The molecule has 6 rings (SSSR count). The van der Waals surface area contributed by atoms with Gasteiger partial charge in [0.1, 0.15) is 0 Å². The summed E-state index contributed by atoms with van der Waals surface area (Å²) in [6.45, 7) is 13.4. The highest BCUT2D eigenvalue weighted by atomic mass is 32.2. The third kappa shape index (κ3) is 7.52. The maximum absolute atomic E-state index is 11.8. The number of nitrogens with zero attached hydrogens (tertiary/aromatic N) is 2. The first-order chi connectivity index (χ1) is 23.2. The molecule has 0 saturated heterocycles. The Morgan fingerprint density at radius 2 is 0.980 bits per heavy atom. The molecule has 0 N–H and O–H groups in total. The second-order valence-electron chi connectivity index (χ2n) is 13.6. The number of Topliss-reactive ketones (excluding diaryl/α,β-unsaturated/α-hetero) is 1. The lowest BCUT2D eigenvalue weighted by molar-refractivity contribution is -0.00436. The van der Waals surface area contributed by atoms with E-state index in [4.69, 9.17) is 5.53 Å². The smallest absolute Gasteiger partial charge is 0.361 e. The molecule has 1 aliphatic rings. The van der Waals surface area contributed by atoms with Gasteiger partial charge in [0.15, 0.2) is 9.84 Å². The van der Waals surface area contributed by atoms with Gasteiger partial charge in [-0.3, -0.25) is 4.79 Å². The Morgan fingerprint density at radius 3 is 1.38 bits per heavy atom. The summed E-state index contributed by atoms with van der Waals surface area (Å²) in [7, 11) is -3.40. The van der Waals surface area contributed by atoms with Crippen molar-refractivity contribution in [3.05, 3.63) is 183 Å². The standard InChI is InChI=1S/C32H34.C11H8N2O3S.CH4.H2/c1-23-7-13-26(14-8-23)31(4,5)27-19-21-30(22-20-27)32(6,28-15-9-24(2)10-16-28)29-17-11-25(3)12-18-29;1-17(15,16)10-4-2-3-8-7(10)5-6-9(13-12)11(8)14;;/h7-22H,1-6H3;2-6H,1H3;1H4;1H. The number of rotatable bonds is 6. The normalized spacial score (nSPS) is 12.6. The average molecular weight is 685 g/mol. The molecule has 50 heavy (non-hydrogen) atoms. The molecule has 0 aliphatic heterocycles. The Labute approximate surface area is 299 Å². The third-order valence-corrected chi connectivity index (χ3v) is 10.8. The van der Waals surface area contributed by atoms with Crippen molar-refractivity contribution in [1.29, 1.82) is 0 Å². The number of carbonyl (C=O) groups is 1. The summed E-state index contributed by atoms with van der Waals surface area (Å²) >= 11 is 0. The summed E-state index contributed by atoms with van der Waals surface area (Å²) < 4.78 is 23.1. The number of carbonyl (C=O) groups excluding carboxylic acids is 1. The number of hydrogen-bond donors (Lipinski definition) is 0. The highest BCUT2D eigenvalue weighted by Gasteiger charge is 2.32. The maximum Gasteiger partial charge on any atom is 0.362 e. The van der Waals surface area contributed by atoms with E-state index in [2.05, 4.69) is 143 Å². The molecule has 0 atom stereocenters. The van der Waals surface area contributed by atoms with Crippen LogP contribution in [-0.2, 0) is 20.7 Å². The van der Waals surface area contributed by atoms with Crippen molar-refractivity contribution in [2.45, 2.75) is 64.7 Å². The number of allylic oxidation sites excluding steroid dienone is 1. The monoisotopic (exact) mass is 684 g/mol. The van der Waals surface area contributed by atoms with E-state index in [-0.39, 0.29) is 35.9 Å². The van der Waals surface area contributed by atoms with Crippen molar-refractivity contribution in [2.75, 3.05) is 6.26 Å². The van der Waals surface area contributed by atoms with Crippen molar-refractivity contribution in [3.63, 3.8) is 0 Å². The van der Waals surface area contributed by atoms with Crippen LogP contribution in [0.2, 0.25) is 0 Å². The molecule has 5 aromatic carbocycles. The van der Waals surface area contributed by atoms with Gasteiger partial charge in [0.2, 0.25) is 0 Å². The van der Waals surface area contributed by atoms with Crippen LogP contribution in [0.4, 0.5) is 0 Å². The van der Waals surface area contributed by atoms with Crippen LogP contribution in [-0.4, -0.2) is 31.0 Å². The highest BCUT2D eigenvalue weighted by molar-refractivity contribution is 7.90. The molecular weight excluding hydrogens is 637 g/mol. The van der Waals surface area contributed by atoms with Gasteiger partial charge >= 0.3 is 5.71 Å². The topological polar surface area (TPSA) is 87.6 Å². The molecule has 0 aromatic heterocycles. The van der Waals surface area contributed by atoms with Gasteiger partial charge in [-0.1, -0.05) is 147 Å². The Morgan fingerprint density at radius 1 is 0.600 bits per heavy atom. The molecule has 5 nitrogen and oxygen atoms in total. The van der Waals surface area contributed by atoms with Gasteiger partial charge in [-0.15, -0.1) is 0 Å². The molecule has 0 radical (unpaired) electrons. The molecule has 0 bridgehead atoms. The van der Waals surface area contributed by atoms with Crippen LogP contribution in [0, 0.1) is 20.8 Å². The molecule has 1 aliphatic carbocycles. The zero-order valence-corrected chi connectivity index (χ0v) is 30.0. The molecule has 0 heterocycles. The first-order valence-corrected chi connectivity index (χ1v) is 18.2. The first kappa shape index (κ1) is 37.7. The summed E-state index contributed by atoms with van der Waals surface area (Å²) in [6.07, 6.45) is 3.83. The fourth-order valence-electron chi connectivity index (χ4n) is 6.32. The molecule has 6 heteroatoms. The van der Waals surface area contributed by atoms with E-state index >= 15 is 0 Å². The van der Waals surface area contributed by atoms with Crippen LogP contribution in [0.25, 0.3) is 11.6 Å². The third-order valence-electron chi connectivity index (χ3n) is 9.67. The lowest BCUT2D eigenvalue weighted by Gasteiger charge is -2.33. The lowest BCUT2D eigenvalue weighted by Crippen LogP contribution is -2.26. The summed E-state index contributed by atoms with van der Waals surface area (Å²) in [5.41, 5.74) is 19.3. The maximum atomic E-state index is 11.8. The van der Waals surface area contributed by atoms with Crippen molar-refractivity contribution in [2.24, 2.45) is 0 Å². The van der Waals surface area contributed by atoms with E-state index in [1.54, 1.807) is 0 Å². The molecule has 0 saturated carbocycles. The van der Waals surface area contributed by atoms with E-state index in [1.807, 2.05) is 0 Å². The number of sulfone groups is 1. The lowest BCUT2D eigenvalue weighted by atomic mass is 9.70. The van der Waals surface area contributed by atoms with E-state index < -0.39 is 15.6 Å². The minimum Gasteiger partial charge on any atom is -0.361 e. The Hall–Kier alpha value is -5.16. The first-order valence-electron chi connectivity index (χ1n) is 16.3. The fourth-order valence-corrected chi connectivity index (χ4v) is 7.23. The van der Waals surface area contributed by atoms with Gasteiger partial charge in [0, 0.05) is 35.7 Å². The zero-order valence-electron chi connectivity index (χ0n) is 29.2. The highest BCUT2D eigenvalue weighted by Crippen LogP contribution is 2.40. The van der Waals surface area contributed by atoms with Gasteiger partial charge in [0.25, 0.3) is 5.78 Å². The van der Waals surface area contributed by atoms with E-state index in [0.717, 1.165) is 6.26 Å². The number of ketones is 1. The van der Waals surface area contributed by atoms with Crippen LogP contribution in [0.15, 0.2) is 126 Å². The second kappa shape index (κ2) is 14.8. The van der Waals surface area contributed by atoms with Gasteiger partial charge < -0.3 is 5.53 Å². The zero-order chi connectivity index (χ0) is 35.6. The molecule has 0 amide bonds. The predicted molar refractivity (Wildman–Crippen MR) is 208 cm³/mol. The fraction of sp³-hybridized carbons (Fsp3) is 0.227. The van der Waals surface area contributed by atoms with Crippen molar-refractivity contribution < 1.29 is 19.4 Å². The van der Waals surface area contributed by atoms with Gasteiger partial charge in [-0.05, 0) is 67.7 Å².